The molecule has 2 unspecified atom stereocenters. The molecule has 0 aromatic heterocycles. The highest BCUT2D eigenvalue weighted by Gasteiger charge is 2.38. The molecule has 0 aliphatic carbocycles. The highest BCUT2D eigenvalue weighted by atomic mass is 16.4. The number of aliphatic carboxylic acids is 1. The van der Waals surface area contributed by atoms with Gasteiger partial charge in [0, 0.05) is 13.1 Å². The summed E-state index contributed by atoms with van der Waals surface area (Å²) < 4.78 is 0. The first-order valence-electron chi connectivity index (χ1n) is 6.24. The van der Waals surface area contributed by atoms with Crippen LogP contribution in [0, 0.1) is 18.3 Å². The average Bonchev–Trinajstić information content (AvgIpc) is 2.34. The third-order valence-corrected chi connectivity index (χ3v) is 3.37. The van der Waals surface area contributed by atoms with Crippen LogP contribution in [-0.4, -0.2) is 52.6 Å². The van der Waals surface area contributed by atoms with E-state index in [1.807, 2.05) is 13.8 Å². The number of amides is 2. The molecule has 1 heterocycles. The maximum Gasteiger partial charge on any atom is 0.326 e. The molecule has 1 fully saturated rings. The van der Waals surface area contributed by atoms with Crippen molar-refractivity contribution in [1.82, 2.24) is 9.80 Å². The number of terminal acetylenes is 1. The van der Waals surface area contributed by atoms with Crippen LogP contribution in [0.1, 0.15) is 26.7 Å². The number of likely N-dealkylation sites (tertiary alicyclic amines) is 1. The Kier molecular flexibility index (Phi) is 5.02. The molecule has 5 nitrogen and oxygen atoms in total. The van der Waals surface area contributed by atoms with Crippen LogP contribution in [0.15, 0.2) is 0 Å². The van der Waals surface area contributed by atoms with E-state index in [-0.39, 0.29) is 18.5 Å². The molecule has 0 spiro atoms. The summed E-state index contributed by atoms with van der Waals surface area (Å²) in [6.07, 6.45) is 6.89. The van der Waals surface area contributed by atoms with Crippen LogP contribution < -0.4 is 0 Å². The van der Waals surface area contributed by atoms with E-state index in [9.17, 15) is 14.7 Å². The van der Waals surface area contributed by atoms with Gasteiger partial charge in [-0.1, -0.05) is 12.8 Å². The van der Waals surface area contributed by atoms with E-state index >= 15 is 0 Å². The minimum Gasteiger partial charge on any atom is -0.480 e. The van der Waals surface area contributed by atoms with Gasteiger partial charge in [-0.2, -0.15) is 0 Å². The van der Waals surface area contributed by atoms with E-state index in [1.54, 1.807) is 0 Å². The van der Waals surface area contributed by atoms with Crippen molar-refractivity contribution < 1.29 is 14.7 Å². The van der Waals surface area contributed by atoms with Gasteiger partial charge < -0.3 is 14.9 Å². The fourth-order valence-electron chi connectivity index (χ4n) is 2.39. The highest BCUT2D eigenvalue weighted by molar-refractivity contribution is 5.83. The minimum atomic E-state index is -0.938. The second kappa shape index (κ2) is 6.29. The molecule has 1 saturated heterocycles. The maximum atomic E-state index is 12.3. The molecule has 0 radical (unpaired) electrons. The van der Waals surface area contributed by atoms with Gasteiger partial charge in [-0.15, -0.1) is 6.42 Å². The summed E-state index contributed by atoms with van der Waals surface area (Å²) in [5, 5.41) is 9.26. The largest absolute Gasteiger partial charge is 0.480 e. The lowest BCUT2D eigenvalue weighted by Crippen LogP contribution is -2.56. The lowest BCUT2D eigenvalue weighted by Gasteiger charge is -2.39. The first-order valence-corrected chi connectivity index (χ1v) is 6.24. The van der Waals surface area contributed by atoms with Crippen molar-refractivity contribution in [1.29, 1.82) is 0 Å². The molecule has 100 valence electrons. The van der Waals surface area contributed by atoms with E-state index in [0.29, 0.717) is 13.1 Å². The Bertz CT molecular complexity index is 362. The third-order valence-electron chi connectivity index (χ3n) is 3.37. The van der Waals surface area contributed by atoms with Gasteiger partial charge in [-0.05, 0) is 25.7 Å². The lowest BCUT2D eigenvalue weighted by molar-refractivity contribution is -0.145. The fourth-order valence-corrected chi connectivity index (χ4v) is 2.39. The number of nitrogens with zero attached hydrogens (tertiary/aromatic N) is 2. The smallest absolute Gasteiger partial charge is 0.326 e. The zero-order chi connectivity index (χ0) is 13.7. The Labute approximate surface area is 108 Å². The molecule has 1 N–H and O–H groups in total. The number of rotatable bonds is 3. The van der Waals surface area contributed by atoms with E-state index < -0.39 is 12.0 Å². The van der Waals surface area contributed by atoms with Gasteiger partial charge in [0.1, 0.15) is 6.04 Å². The van der Waals surface area contributed by atoms with Crippen LogP contribution in [-0.2, 0) is 4.79 Å². The standard InChI is InChI=1S/C13H20N2O3/c1-4-8-14(5-2)13(18)15-9-6-7-10(3)11(15)12(16)17/h1,10-11H,5-9H2,2-3H3,(H,16,17). The Balaban J connectivity index is 2.87. The van der Waals surface area contributed by atoms with Gasteiger partial charge in [0.05, 0.1) is 6.54 Å². The SMILES string of the molecule is C#CCN(CC)C(=O)N1CCCC(C)C1C(=O)O. The predicted molar refractivity (Wildman–Crippen MR) is 68.0 cm³/mol. The number of carboxylic acid groups (broad SMARTS) is 1. The third kappa shape index (κ3) is 2.95. The van der Waals surface area contributed by atoms with E-state index in [2.05, 4.69) is 5.92 Å². The molecule has 1 rings (SSSR count). The quantitative estimate of drug-likeness (QED) is 0.769. The summed E-state index contributed by atoms with van der Waals surface area (Å²) in [4.78, 5) is 26.5. The number of carbonyl (C=O) groups excluding carboxylic acids is 1. The average molecular weight is 252 g/mol. The first-order chi connectivity index (χ1) is 8.52. The second-order valence-corrected chi connectivity index (χ2v) is 4.60. The van der Waals surface area contributed by atoms with Crippen LogP contribution in [0.5, 0.6) is 0 Å². The zero-order valence-electron chi connectivity index (χ0n) is 10.9. The van der Waals surface area contributed by atoms with Gasteiger partial charge in [-0.25, -0.2) is 9.59 Å². The number of urea groups is 1. The molecule has 2 atom stereocenters. The topological polar surface area (TPSA) is 60.9 Å². The highest BCUT2D eigenvalue weighted by Crippen LogP contribution is 2.24. The molecule has 0 aromatic rings. The number of hydrogen-bond acceptors (Lipinski definition) is 2. The van der Waals surface area contributed by atoms with Crippen molar-refractivity contribution in [3.63, 3.8) is 0 Å². The normalized spacial score (nSPS) is 23.3. The van der Waals surface area contributed by atoms with Gasteiger partial charge in [-0.3, -0.25) is 0 Å². The van der Waals surface area contributed by atoms with Crippen molar-refractivity contribution in [3.8, 4) is 12.3 Å². The van der Waals surface area contributed by atoms with E-state index in [1.165, 1.54) is 9.80 Å². The van der Waals surface area contributed by atoms with E-state index in [0.717, 1.165) is 12.8 Å². The number of hydrogen-bond donors (Lipinski definition) is 1. The molecule has 2 amide bonds. The summed E-state index contributed by atoms with van der Waals surface area (Å²) in [5.74, 6) is 1.46. The molecular weight excluding hydrogens is 232 g/mol. The molecule has 5 heteroatoms. The molecule has 0 bridgehead atoms. The molecular formula is C13H20N2O3. The van der Waals surface area contributed by atoms with Crippen molar-refractivity contribution in [2.24, 2.45) is 5.92 Å². The van der Waals surface area contributed by atoms with Gasteiger partial charge >= 0.3 is 12.0 Å². The van der Waals surface area contributed by atoms with Crippen LogP contribution in [0.25, 0.3) is 0 Å². The lowest BCUT2D eigenvalue weighted by atomic mass is 9.91. The maximum absolute atomic E-state index is 12.3. The van der Waals surface area contributed by atoms with Crippen LogP contribution in [0.2, 0.25) is 0 Å². The zero-order valence-corrected chi connectivity index (χ0v) is 10.9. The van der Waals surface area contributed by atoms with Gasteiger partial charge in [0.25, 0.3) is 0 Å². The van der Waals surface area contributed by atoms with Gasteiger partial charge in [0.15, 0.2) is 0 Å². The van der Waals surface area contributed by atoms with Crippen LogP contribution in [0.4, 0.5) is 4.79 Å². The van der Waals surface area contributed by atoms with Crippen LogP contribution >= 0.6 is 0 Å². The molecule has 0 aromatic carbocycles. The first kappa shape index (κ1) is 14.4. The Morgan fingerprint density at radius 3 is 2.72 bits per heavy atom. The number of carboxylic acids is 1. The van der Waals surface area contributed by atoms with E-state index in [4.69, 9.17) is 6.42 Å². The molecule has 1 aliphatic rings. The summed E-state index contributed by atoms with van der Waals surface area (Å²) in [5.41, 5.74) is 0. The molecule has 0 saturated carbocycles. The Morgan fingerprint density at radius 2 is 2.22 bits per heavy atom. The molecule has 18 heavy (non-hydrogen) atoms. The monoisotopic (exact) mass is 252 g/mol. The van der Waals surface area contributed by atoms with Crippen LogP contribution in [0.3, 0.4) is 0 Å². The summed E-state index contributed by atoms with van der Waals surface area (Å²) >= 11 is 0. The molecule has 1 aliphatic heterocycles. The van der Waals surface area contributed by atoms with Crippen molar-refractivity contribution in [3.05, 3.63) is 0 Å². The van der Waals surface area contributed by atoms with Crippen molar-refractivity contribution in [2.45, 2.75) is 32.7 Å². The Morgan fingerprint density at radius 1 is 1.56 bits per heavy atom. The fraction of sp³-hybridized carbons (Fsp3) is 0.692. The Hall–Kier alpha value is -1.70. The van der Waals surface area contributed by atoms with Crippen molar-refractivity contribution >= 4 is 12.0 Å². The summed E-state index contributed by atoms with van der Waals surface area (Å²) in [7, 11) is 0. The van der Waals surface area contributed by atoms with Gasteiger partial charge in [0.2, 0.25) is 0 Å². The predicted octanol–water partition coefficient (Wildman–Crippen LogP) is 1.25. The van der Waals surface area contributed by atoms with Crippen molar-refractivity contribution in [2.75, 3.05) is 19.6 Å². The summed E-state index contributed by atoms with van der Waals surface area (Å²) in [6.45, 7) is 4.89. The summed E-state index contributed by atoms with van der Waals surface area (Å²) in [6, 6.07) is -1.01. The second-order valence-electron chi connectivity index (χ2n) is 4.60. The number of piperidine rings is 1. The minimum absolute atomic E-state index is 0.0234. The number of carbonyl (C=O) groups is 2.